The normalized spacial score (nSPS) is 9.25. The average Bonchev–Trinajstić information content (AvgIpc) is 1.66. The van der Waals surface area contributed by atoms with Crippen LogP contribution >= 0.6 is 0 Å². The van der Waals surface area contributed by atoms with E-state index >= 15 is 0 Å². The fourth-order valence-electron chi connectivity index (χ4n) is 0.474. The van der Waals surface area contributed by atoms with Crippen LogP contribution in [0.2, 0.25) is 0 Å². The van der Waals surface area contributed by atoms with Gasteiger partial charge in [0, 0.05) is 6.42 Å². The second kappa shape index (κ2) is 4.61. The van der Waals surface area contributed by atoms with Crippen LogP contribution in [0.3, 0.4) is 0 Å². The fraction of sp³-hybridized carbons (Fsp3) is 0.833. The van der Waals surface area contributed by atoms with Crippen LogP contribution in [0.1, 0.15) is 12.8 Å². The molecule has 0 heterocycles. The van der Waals surface area contributed by atoms with Gasteiger partial charge < -0.3 is 4.90 Å². The molecule has 0 aromatic rings. The smallest absolute Gasteiger partial charge is 0.0622 e. The summed E-state index contributed by atoms with van der Waals surface area (Å²) in [6.45, 7) is 1.02. The molecule has 0 radical (unpaired) electrons. The minimum atomic E-state index is 0.679. The molecule has 8 heavy (non-hydrogen) atoms. The third-order valence-electron chi connectivity index (χ3n) is 0.894. The summed E-state index contributed by atoms with van der Waals surface area (Å²) in [5, 5.41) is 8.11. The van der Waals surface area contributed by atoms with Crippen LogP contribution in [0.15, 0.2) is 0 Å². The van der Waals surface area contributed by atoms with Crippen molar-refractivity contribution in [3.63, 3.8) is 0 Å². The lowest BCUT2D eigenvalue weighted by Gasteiger charge is -2.05. The molecule has 0 bridgehead atoms. The van der Waals surface area contributed by atoms with Gasteiger partial charge in [0.25, 0.3) is 0 Å². The van der Waals surface area contributed by atoms with Crippen molar-refractivity contribution in [1.29, 1.82) is 5.26 Å². The predicted molar refractivity (Wildman–Crippen MR) is 33.4 cm³/mol. The number of hydrogen-bond acceptors (Lipinski definition) is 2. The molecule has 0 spiro atoms. The lowest BCUT2D eigenvalue weighted by Crippen LogP contribution is -2.12. The predicted octanol–water partition coefficient (Wildman–Crippen LogP) is 0.852. The molecule has 0 atom stereocenters. The molecule has 0 amide bonds. The van der Waals surface area contributed by atoms with Gasteiger partial charge in [0.2, 0.25) is 0 Å². The maximum Gasteiger partial charge on any atom is 0.0622 e. The third kappa shape index (κ3) is 5.45. The molecule has 0 rings (SSSR count). The molecule has 0 fully saturated rings. The fourth-order valence-corrected chi connectivity index (χ4v) is 0.474. The van der Waals surface area contributed by atoms with Gasteiger partial charge in [-0.2, -0.15) is 5.26 Å². The monoisotopic (exact) mass is 112 g/mol. The van der Waals surface area contributed by atoms with E-state index in [4.69, 9.17) is 5.26 Å². The topological polar surface area (TPSA) is 27.0 Å². The van der Waals surface area contributed by atoms with E-state index in [1.54, 1.807) is 0 Å². The van der Waals surface area contributed by atoms with Crippen molar-refractivity contribution in [1.82, 2.24) is 4.90 Å². The van der Waals surface area contributed by atoms with E-state index in [9.17, 15) is 0 Å². The summed E-state index contributed by atoms with van der Waals surface area (Å²) in [6, 6.07) is 2.10. The molecule has 0 aromatic carbocycles. The van der Waals surface area contributed by atoms with Gasteiger partial charge in [-0.3, -0.25) is 0 Å². The van der Waals surface area contributed by atoms with Crippen molar-refractivity contribution in [2.24, 2.45) is 0 Å². The highest BCUT2D eigenvalue weighted by molar-refractivity contribution is 4.68. The maximum atomic E-state index is 8.11. The van der Waals surface area contributed by atoms with Crippen molar-refractivity contribution in [2.75, 3.05) is 20.6 Å². The summed E-state index contributed by atoms with van der Waals surface area (Å²) in [7, 11) is 4.02. The van der Waals surface area contributed by atoms with Gasteiger partial charge in [0.1, 0.15) is 0 Å². The van der Waals surface area contributed by atoms with E-state index in [2.05, 4.69) is 11.0 Å². The van der Waals surface area contributed by atoms with Crippen LogP contribution in [-0.4, -0.2) is 25.5 Å². The van der Waals surface area contributed by atoms with E-state index in [0.717, 1.165) is 13.0 Å². The van der Waals surface area contributed by atoms with E-state index in [0.29, 0.717) is 6.42 Å². The Morgan fingerprint density at radius 2 is 2.12 bits per heavy atom. The van der Waals surface area contributed by atoms with E-state index < -0.39 is 0 Å². The van der Waals surface area contributed by atoms with Crippen LogP contribution in [0.4, 0.5) is 0 Å². The van der Waals surface area contributed by atoms with Gasteiger partial charge in [-0.1, -0.05) is 0 Å². The Bertz CT molecular complexity index is 81.0. The summed E-state index contributed by atoms with van der Waals surface area (Å²) in [5.74, 6) is 0. The van der Waals surface area contributed by atoms with Gasteiger partial charge in [-0.15, -0.1) is 0 Å². The van der Waals surface area contributed by atoms with Gasteiger partial charge in [0.05, 0.1) is 6.07 Å². The SMILES string of the molecule is CN(C)CCCC#N. The zero-order valence-electron chi connectivity index (χ0n) is 5.52. The number of nitriles is 1. The average molecular weight is 112 g/mol. The van der Waals surface area contributed by atoms with Crippen LogP contribution in [0, 0.1) is 11.3 Å². The second-order valence-electron chi connectivity index (χ2n) is 2.06. The molecule has 0 N–H and O–H groups in total. The molecule has 46 valence electrons. The first kappa shape index (κ1) is 7.45. The maximum absolute atomic E-state index is 8.11. The van der Waals surface area contributed by atoms with Gasteiger partial charge >= 0.3 is 0 Å². The molecular weight excluding hydrogens is 100 g/mol. The van der Waals surface area contributed by atoms with Gasteiger partial charge in [-0.05, 0) is 27.1 Å². The van der Waals surface area contributed by atoms with Crippen molar-refractivity contribution in [2.45, 2.75) is 12.8 Å². The van der Waals surface area contributed by atoms with Crippen molar-refractivity contribution < 1.29 is 0 Å². The van der Waals surface area contributed by atoms with E-state index in [1.807, 2.05) is 14.1 Å². The summed E-state index contributed by atoms with van der Waals surface area (Å²) in [5.41, 5.74) is 0. The molecule has 0 saturated heterocycles. The van der Waals surface area contributed by atoms with Gasteiger partial charge in [-0.25, -0.2) is 0 Å². The Labute approximate surface area is 50.7 Å². The molecule has 0 unspecified atom stereocenters. The quantitative estimate of drug-likeness (QED) is 0.506. The van der Waals surface area contributed by atoms with Crippen LogP contribution in [0.25, 0.3) is 0 Å². The third-order valence-corrected chi connectivity index (χ3v) is 0.894. The molecule has 0 aliphatic carbocycles. The molecule has 0 aliphatic heterocycles. The largest absolute Gasteiger partial charge is 0.309 e. The van der Waals surface area contributed by atoms with Gasteiger partial charge in [0.15, 0.2) is 0 Å². The van der Waals surface area contributed by atoms with E-state index in [1.165, 1.54) is 0 Å². The minimum absolute atomic E-state index is 0.679. The zero-order valence-corrected chi connectivity index (χ0v) is 5.52. The van der Waals surface area contributed by atoms with Crippen molar-refractivity contribution >= 4 is 0 Å². The lowest BCUT2D eigenvalue weighted by atomic mass is 10.3. The minimum Gasteiger partial charge on any atom is -0.309 e. The molecule has 0 aromatic heterocycles. The number of nitrogens with zero attached hydrogens (tertiary/aromatic N) is 2. The van der Waals surface area contributed by atoms with Crippen LogP contribution in [-0.2, 0) is 0 Å². The molecule has 0 saturated carbocycles. The first-order valence-electron chi connectivity index (χ1n) is 2.79. The number of rotatable bonds is 3. The summed E-state index contributed by atoms with van der Waals surface area (Å²) >= 11 is 0. The lowest BCUT2D eigenvalue weighted by molar-refractivity contribution is 0.402. The van der Waals surface area contributed by atoms with Crippen LogP contribution in [0.5, 0.6) is 0 Å². The standard InChI is InChI=1S/C6H12N2/c1-8(2)6-4-3-5-7/h3-4,6H2,1-2H3. The highest BCUT2D eigenvalue weighted by atomic mass is 15.0. The molecular formula is C6H12N2. The molecule has 2 heteroatoms. The highest BCUT2D eigenvalue weighted by Gasteiger charge is 1.86. The van der Waals surface area contributed by atoms with Crippen LogP contribution < -0.4 is 0 Å². The molecule has 2 nitrogen and oxygen atoms in total. The summed E-state index contributed by atoms with van der Waals surface area (Å²) in [4.78, 5) is 2.08. The Kier molecular flexibility index (Phi) is 4.29. The molecule has 0 aliphatic rings. The van der Waals surface area contributed by atoms with E-state index in [-0.39, 0.29) is 0 Å². The first-order chi connectivity index (χ1) is 3.77. The Morgan fingerprint density at radius 3 is 2.50 bits per heavy atom. The number of hydrogen-bond donors (Lipinski definition) is 0. The zero-order chi connectivity index (χ0) is 6.41. The van der Waals surface area contributed by atoms with Crippen molar-refractivity contribution in [3.8, 4) is 6.07 Å². The summed E-state index contributed by atoms with van der Waals surface area (Å²) < 4.78 is 0. The highest BCUT2D eigenvalue weighted by Crippen LogP contribution is 1.86. The number of unbranched alkanes of at least 4 members (excludes halogenated alkanes) is 1. The Morgan fingerprint density at radius 1 is 1.50 bits per heavy atom. The van der Waals surface area contributed by atoms with Crippen molar-refractivity contribution in [3.05, 3.63) is 0 Å². The first-order valence-corrected chi connectivity index (χ1v) is 2.79. The summed E-state index contributed by atoms with van der Waals surface area (Å²) in [6.07, 6.45) is 1.67. The second-order valence-corrected chi connectivity index (χ2v) is 2.06. The Balaban J connectivity index is 2.85. The Hall–Kier alpha value is -0.550.